The first-order valence-electron chi connectivity index (χ1n) is 7.89. The van der Waals surface area contributed by atoms with Gasteiger partial charge >= 0.3 is 5.97 Å². The molecule has 5 nitrogen and oxygen atoms in total. The average molecular weight is 405 g/mol. The Labute approximate surface area is 163 Å². The Morgan fingerprint density at radius 3 is 2.67 bits per heavy atom. The van der Waals surface area contributed by atoms with Crippen LogP contribution in [0.1, 0.15) is 14.7 Å². The number of esters is 1. The van der Waals surface area contributed by atoms with E-state index in [1.165, 1.54) is 23.5 Å². The van der Waals surface area contributed by atoms with E-state index in [1.807, 2.05) is 30.3 Å². The van der Waals surface area contributed by atoms with E-state index in [2.05, 4.69) is 10.3 Å². The largest absolute Gasteiger partial charge is 0.451 e. The summed E-state index contributed by atoms with van der Waals surface area (Å²) in [5.74, 6) is -1.78. The lowest BCUT2D eigenvalue weighted by Crippen LogP contribution is -2.20. The summed E-state index contributed by atoms with van der Waals surface area (Å²) in [6.45, 7) is 1.30. The standard InChI is InChI=1S/C19H14ClFN2O3S/c1-11-22-17(12-5-3-2-4-6-12)18(27-11)19(25)26-10-16(24)23-13-7-8-15(21)14(20)9-13/h2-9H,10H2,1H3,(H,23,24). The number of amides is 1. The lowest BCUT2D eigenvalue weighted by Gasteiger charge is -2.07. The van der Waals surface area contributed by atoms with Crippen LogP contribution in [-0.4, -0.2) is 23.5 Å². The van der Waals surface area contributed by atoms with Crippen molar-refractivity contribution >= 4 is 40.5 Å². The van der Waals surface area contributed by atoms with E-state index in [9.17, 15) is 14.0 Å². The first kappa shape index (κ1) is 19.0. The molecule has 27 heavy (non-hydrogen) atoms. The van der Waals surface area contributed by atoms with Crippen LogP contribution in [0.4, 0.5) is 10.1 Å². The minimum absolute atomic E-state index is 0.113. The highest BCUT2D eigenvalue weighted by atomic mass is 35.5. The van der Waals surface area contributed by atoms with Gasteiger partial charge in [0.1, 0.15) is 10.7 Å². The van der Waals surface area contributed by atoms with Crippen LogP contribution in [0, 0.1) is 12.7 Å². The zero-order valence-corrected chi connectivity index (χ0v) is 15.7. The van der Waals surface area contributed by atoms with E-state index < -0.39 is 24.3 Å². The van der Waals surface area contributed by atoms with Crippen molar-refractivity contribution in [3.05, 3.63) is 69.3 Å². The Bertz CT molecular complexity index is 992. The van der Waals surface area contributed by atoms with Gasteiger partial charge in [-0.2, -0.15) is 0 Å². The van der Waals surface area contributed by atoms with E-state index >= 15 is 0 Å². The van der Waals surface area contributed by atoms with Gasteiger partial charge in [-0.05, 0) is 25.1 Å². The van der Waals surface area contributed by atoms with E-state index in [0.29, 0.717) is 21.3 Å². The predicted octanol–water partition coefficient (Wildman–Crippen LogP) is 4.71. The maximum atomic E-state index is 13.1. The van der Waals surface area contributed by atoms with Gasteiger partial charge in [-0.15, -0.1) is 11.3 Å². The summed E-state index contributed by atoms with van der Waals surface area (Å²) in [5.41, 5.74) is 1.62. The number of carbonyl (C=O) groups is 2. The number of carbonyl (C=O) groups excluding carboxylic acids is 2. The van der Waals surface area contributed by atoms with Crippen molar-refractivity contribution in [1.82, 2.24) is 4.98 Å². The maximum absolute atomic E-state index is 13.1. The molecule has 0 radical (unpaired) electrons. The third kappa shape index (κ3) is 4.69. The van der Waals surface area contributed by atoms with Gasteiger partial charge in [0, 0.05) is 11.3 Å². The molecule has 8 heteroatoms. The molecule has 0 atom stereocenters. The molecule has 1 heterocycles. The van der Waals surface area contributed by atoms with E-state index in [4.69, 9.17) is 16.3 Å². The Hall–Kier alpha value is -2.77. The lowest BCUT2D eigenvalue weighted by molar-refractivity contribution is -0.119. The van der Waals surface area contributed by atoms with Crippen molar-refractivity contribution in [3.63, 3.8) is 0 Å². The molecule has 0 aliphatic rings. The Balaban J connectivity index is 1.66. The molecule has 0 saturated heterocycles. The summed E-state index contributed by atoms with van der Waals surface area (Å²) in [4.78, 5) is 29.1. The van der Waals surface area contributed by atoms with Crippen LogP contribution in [-0.2, 0) is 9.53 Å². The smallest absolute Gasteiger partial charge is 0.351 e. The van der Waals surface area contributed by atoms with Gasteiger partial charge in [0.15, 0.2) is 6.61 Å². The molecule has 0 spiro atoms. The minimum Gasteiger partial charge on any atom is -0.451 e. The van der Waals surface area contributed by atoms with E-state index in [0.717, 1.165) is 11.6 Å². The number of ether oxygens (including phenoxy) is 1. The normalized spacial score (nSPS) is 10.5. The molecule has 0 saturated carbocycles. The number of aryl methyl sites for hydroxylation is 1. The molecule has 0 aliphatic carbocycles. The number of aromatic nitrogens is 1. The molecule has 0 unspecified atom stereocenters. The third-order valence-electron chi connectivity index (χ3n) is 3.50. The highest BCUT2D eigenvalue weighted by Crippen LogP contribution is 2.28. The maximum Gasteiger partial charge on any atom is 0.351 e. The molecular formula is C19H14ClFN2O3S. The van der Waals surface area contributed by atoms with E-state index in [1.54, 1.807) is 6.92 Å². The summed E-state index contributed by atoms with van der Waals surface area (Å²) in [5, 5.41) is 3.09. The highest BCUT2D eigenvalue weighted by molar-refractivity contribution is 7.14. The summed E-state index contributed by atoms with van der Waals surface area (Å²) in [6.07, 6.45) is 0. The molecule has 3 aromatic rings. The van der Waals surface area contributed by atoms with Crippen molar-refractivity contribution in [3.8, 4) is 11.3 Å². The number of benzene rings is 2. The fraction of sp³-hybridized carbons (Fsp3) is 0.105. The number of hydrogen-bond donors (Lipinski definition) is 1. The highest BCUT2D eigenvalue weighted by Gasteiger charge is 2.20. The van der Waals surface area contributed by atoms with Gasteiger partial charge in [0.25, 0.3) is 5.91 Å². The monoisotopic (exact) mass is 404 g/mol. The summed E-state index contributed by atoms with van der Waals surface area (Å²) in [7, 11) is 0. The van der Waals surface area contributed by atoms with Crippen molar-refractivity contribution in [2.45, 2.75) is 6.92 Å². The van der Waals surface area contributed by atoms with Gasteiger partial charge in [-0.1, -0.05) is 41.9 Å². The summed E-state index contributed by atoms with van der Waals surface area (Å²) < 4.78 is 18.2. The van der Waals surface area contributed by atoms with Gasteiger partial charge in [0.2, 0.25) is 0 Å². The van der Waals surface area contributed by atoms with Crippen molar-refractivity contribution in [2.24, 2.45) is 0 Å². The van der Waals surface area contributed by atoms with Crippen LogP contribution >= 0.6 is 22.9 Å². The Morgan fingerprint density at radius 2 is 1.96 bits per heavy atom. The Morgan fingerprint density at radius 1 is 1.22 bits per heavy atom. The van der Waals surface area contributed by atoms with Gasteiger partial charge < -0.3 is 10.1 Å². The van der Waals surface area contributed by atoms with Crippen molar-refractivity contribution < 1.29 is 18.7 Å². The summed E-state index contributed by atoms with van der Waals surface area (Å²) >= 11 is 6.87. The van der Waals surface area contributed by atoms with Gasteiger partial charge in [0.05, 0.1) is 15.7 Å². The second kappa shape index (κ2) is 8.28. The zero-order valence-electron chi connectivity index (χ0n) is 14.2. The van der Waals surface area contributed by atoms with Gasteiger partial charge in [-0.25, -0.2) is 14.2 Å². The van der Waals surface area contributed by atoms with Crippen LogP contribution in [0.25, 0.3) is 11.3 Å². The third-order valence-corrected chi connectivity index (χ3v) is 4.74. The number of anilines is 1. The quantitative estimate of drug-likeness (QED) is 0.625. The molecule has 3 rings (SSSR count). The molecule has 2 aromatic carbocycles. The number of hydrogen-bond acceptors (Lipinski definition) is 5. The van der Waals surface area contributed by atoms with E-state index in [-0.39, 0.29) is 5.02 Å². The molecular weight excluding hydrogens is 391 g/mol. The second-order valence-corrected chi connectivity index (χ2v) is 7.14. The Kier molecular flexibility index (Phi) is 5.83. The number of nitrogens with one attached hydrogen (secondary N) is 1. The zero-order chi connectivity index (χ0) is 19.4. The number of nitrogens with zero attached hydrogens (tertiary/aromatic N) is 1. The van der Waals surface area contributed by atoms with Crippen molar-refractivity contribution in [1.29, 1.82) is 0 Å². The topological polar surface area (TPSA) is 68.3 Å². The molecule has 1 aromatic heterocycles. The first-order chi connectivity index (χ1) is 12.9. The number of thiazole rings is 1. The molecule has 0 fully saturated rings. The second-order valence-electron chi connectivity index (χ2n) is 5.53. The SMILES string of the molecule is Cc1nc(-c2ccccc2)c(C(=O)OCC(=O)Nc2ccc(F)c(Cl)c2)s1. The molecule has 138 valence electrons. The number of halogens is 2. The first-order valence-corrected chi connectivity index (χ1v) is 9.08. The average Bonchev–Trinajstić information content (AvgIpc) is 3.05. The fourth-order valence-corrected chi connectivity index (χ4v) is 3.34. The predicted molar refractivity (Wildman–Crippen MR) is 103 cm³/mol. The van der Waals surface area contributed by atoms with Gasteiger partial charge in [-0.3, -0.25) is 4.79 Å². The molecule has 0 bridgehead atoms. The van der Waals surface area contributed by atoms with Crippen LogP contribution in [0.15, 0.2) is 48.5 Å². The molecule has 0 aliphatic heterocycles. The minimum atomic E-state index is -0.633. The molecule has 1 N–H and O–H groups in total. The van der Waals surface area contributed by atoms with Crippen LogP contribution in [0.3, 0.4) is 0 Å². The fourth-order valence-electron chi connectivity index (χ4n) is 2.32. The lowest BCUT2D eigenvalue weighted by atomic mass is 10.1. The van der Waals surface area contributed by atoms with Crippen molar-refractivity contribution in [2.75, 3.05) is 11.9 Å². The van der Waals surface area contributed by atoms with Crippen LogP contribution < -0.4 is 5.32 Å². The van der Waals surface area contributed by atoms with Crippen LogP contribution in [0.2, 0.25) is 5.02 Å². The number of rotatable bonds is 5. The summed E-state index contributed by atoms with van der Waals surface area (Å²) in [6, 6.07) is 13.0. The van der Waals surface area contributed by atoms with Crippen LogP contribution in [0.5, 0.6) is 0 Å². The molecule has 1 amide bonds.